The van der Waals surface area contributed by atoms with E-state index in [1.54, 1.807) is 0 Å². The fourth-order valence-electron chi connectivity index (χ4n) is 0.194. The fourth-order valence-corrected chi connectivity index (χ4v) is 0.194. The lowest BCUT2D eigenvalue weighted by Crippen LogP contribution is -2.17. The first-order valence-corrected chi connectivity index (χ1v) is 1.99. The predicted octanol–water partition coefficient (Wildman–Crippen LogP) is 0.347. The third-order valence-electron chi connectivity index (χ3n) is 0.469. The molecule has 0 rings (SSSR count). The molecule has 1 amide bonds. The minimum absolute atomic E-state index is 0.757. The molecule has 2 N–H and O–H groups in total. The van der Waals surface area contributed by atoms with Crippen LogP contribution >= 0.6 is 0 Å². The summed E-state index contributed by atoms with van der Waals surface area (Å²) < 4.78 is 4.18. The lowest BCUT2D eigenvalue weighted by Gasteiger charge is -1.95. The maximum atomic E-state index is 9.83. The number of hydrogen-bond donors (Lipinski definition) is 1. The third kappa shape index (κ3) is 2.97. The highest BCUT2D eigenvalue weighted by molar-refractivity contribution is 5.64. The molecule has 44 valence electrons. The molecule has 0 saturated carbocycles. The average Bonchev–Trinajstić information content (AvgIpc) is 1.65. The third-order valence-corrected chi connectivity index (χ3v) is 0.469. The summed E-state index contributed by atoms with van der Waals surface area (Å²) in [6, 6.07) is 0. The largest absolute Gasteiger partial charge is 0.410 e. The summed E-state index contributed by atoms with van der Waals surface area (Å²) >= 11 is 0. The van der Waals surface area contributed by atoms with E-state index in [0.717, 1.165) is 0 Å². The van der Waals surface area contributed by atoms with E-state index in [2.05, 4.69) is 15.3 Å². The van der Waals surface area contributed by atoms with Crippen molar-refractivity contribution in [3.8, 4) is 0 Å². The van der Waals surface area contributed by atoms with Gasteiger partial charge in [-0.3, -0.25) is 4.85 Å². The predicted molar refractivity (Wildman–Crippen MR) is 26.7 cm³/mol. The molecule has 1 unspecified atom stereocenters. The molecule has 0 saturated heterocycles. The molecule has 0 aliphatic heterocycles. The monoisotopic (exact) mass is 114 g/mol. The molecule has 0 spiro atoms. The average molecular weight is 114 g/mol. The lowest BCUT2D eigenvalue weighted by atomic mass is 10.7. The SMILES string of the molecule is [C-]#[N+]C(C)OC(N)=O. The molecule has 0 bridgehead atoms. The van der Waals surface area contributed by atoms with Gasteiger partial charge in [0.25, 0.3) is 0 Å². The highest BCUT2D eigenvalue weighted by atomic mass is 16.6. The Kier molecular flexibility index (Phi) is 2.41. The molecule has 4 nitrogen and oxygen atoms in total. The van der Waals surface area contributed by atoms with Gasteiger partial charge in [0, 0.05) is 0 Å². The number of carbonyl (C=O) groups excluding carboxylic acids is 1. The van der Waals surface area contributed by atoms with Crippen molar-refractivity contribution in [2.75, 3.05) is 0 Å². The summed E-state index contributed by atoms with van der Waals surface area (Å²) in [5.74, 6) is 0. The van der Waals surface area contributed by atoms with E-state index in [4.69, 9.17) is 6.57 Å². The van der Waals surface area contributed by atoms with Crippen molar-refractivity contribution in [1.29, 1.82) is 0 Å². The number of primary amides is 1. The maximum absolute atomic E-state index is 9.83. The summed E-state index contributed by atoms with van der Waals surface area (Å²) in [6.45, 7) is 7.74. The number of nitrogens with two attached hydrogens (primary N) is 1. The Morgan fingerprint density at radius 3 is 2.62 bits per heavy atom. The van der Waals surface area contributed by atoms with E-state index in [1.807, 2.05) is 0 Å². The van der Waals surface area contributed by atoms with Crippen LogP contribution in [0.5, 0.6) is 0 Å². The molecule has 1 atom stereocenters. The van der Waals surface area contributed by atoms with Gasteiger partial charge in [-0.1, -0.05) is 0 Å². The second kappa shape index (κ2) is 2.86. The van der Waals surface area contributed by atoms with Gasteiger partial charge in [0.1, 0.15) is 0 Å². The minimum Gasteiger partial charge on any atom is -0.375 e. The zero-order valence-corrected chi connectivity index (χ0v) is 4.42. The van der Waals surface area contributed by atoms with Crippen LogP contribution in [0.3, 0.4) is 0 Å². The van der Waals surface area contributed by atoms with Gasteiger partial charge in [0.2, 0.25) is 0 Å². The van der Waals surface area contributed by atoms with Crippen LogP contribution in [-0.4, -0.2) is 12.3 Å². The highest BCUT2D eigenvalue weighted by Gasteiger charge is 2.04. The van der Waals surface area contributed by atoms with Gasteiger partial charge in [-0.05, 0) is 0 Å². The van der Waals surface area contributed by atoms with Gasteiger partial charge in [-0.25, -0.2) is 11.4 Å². The quantitative estimate of drug-likeness (QED) is 0.500. The molecular formula is C4H6N2O2. The van der Waals surface area contributed by atoms with Crippen molar-refractivity contribution < 1.29 is 9.53 Å². The number of ether oxygens (including phenoxy) is 1. The Hall–Kier alpha value is -1.24. The van der Waals surface area contributed by atoms with Crippen molar-refractivity contribution in [2.24, 2.45) is 5.73 Å². The number of hydrogen-bond acceptors (Lipinski definition) is 2. The fraction of sp³-hybridized carbons (Fsp3) is 0.500. The number of nitrogens with zero attached hydrogens (tertiary/aromatic N) is 1. The summed E-state index contributed by atoms with van der Waals surface area (Å²) in [5, 5.41) is 0. The van der Waals surface area contributed by atoms with Crippen LogP contribution < -0.4 is 5.73 Å². The van der Waals surface area contributed by atoms with Gasteiger partial charge >= 0.3 is 12.3 Å². The van der Waals surface area contributed by atoms with E-state index in [1.165, 1.54) is 6.92 Å². The number of carbonyl (C=O) groups is 1. The standard InChI is InChI=1S/C4H6N2O2/c1-3(6-2)8-4(5)7/h3H,1H3,(H2,5,7). The van der Waals surface area contributed by atoms with Crippen LogP contribution in [0.4, 0.5) is 4.79 Å². The van der Waals surface area contributed by atoms with Crippen molar-refractivity contribution in [2.45, 2.75) is 13.2 Å². The van der Waals surface area contributed by atoms with Crippen molar-refractivity contribution in [1.82, 2.24) is 0 Å². The molecule has 0 aromatic carbocycles. The topological polar surface area (TPSA) is 56.7 Å². The van der Waals surface area contributed by atoms with Crippen LogP contribution in [-0.2, 0) is 4.74 Å². The smallest absolute Gasteiger partial charge is 0.375 e. The Balaban J connectivity index is 3.43. The summed E-state index contributed by atoms with van der Waals surface area (Å²) in [5.41, 5.74) is 4.56. The molecule has 8 heavy (non-hydrogen) atoms. The molecule has 0 aliphatic rings. The highest BCUT2D eigenvalue weighted by Crippen LogP contribution is 1.88. The zero-order chi connectivity index (χ0) is 6.57. The van der Waals surface area contributed by atoms with Crippen LogP contribution in [0, 0.1) is 6.57 Å². The van der Waals surface area contributed by atoms with Gasteiger partial charge in [0.05, 0.1) is 6.92 Å². The lowest BCUT2D eigenvalue weighted by molar-refractivity contribution is 0.136. The molecule has 0 aliphatic carbocycles. The van der Waals surface area contributed by atoms with Crippen molar-refractivity contribution in [3.63, 3.8) is 0 Å². The van der Waals surface area contributed by atoms with Crippen molar-refractivity contribution in [3.05, 3.63) is 11.4 Å². The number of amides is 1. The first-order chi connectivity index (χ1) is 3.66. The van der Waals surface area contributed by atoms with Crippen LogP contribution in [0.25, 0.3) is 4.85 Å². The number of rotatable bonds is 1. The van der Waals surface area contributed by atoms with Crippen LogP contribution in [0.15, 0.2) is 0 Å². The summed E-state index contributed by atoms with van der Waals surface area (Å²) in [7, 11) is 0. The van der Waals surface area contributed by atoms with E-state index in [0.29, 0.717) is 0 Å². The van der Waals surface area contributed by atoms with E-state index in [9.17, 15) is 4.79 Å². The van der Waals surface area contributed by atoms with Gasteiger partial charge in [-0.15, -0.1) is 0 Å². The van der Waals surface area contributed by atoms with Crippen molar-refractivity contribution >= 4 is 6.09 Å². The molecule has 0 aromatic heterocycles. The minimum atomic E-state index is -0.909. The van der Waals surface area contributed by atoms with E-state index in [-0.39, 0.29) is 0 Å². The summed E-state index contributed by atoms with van der Waals surface area (Å²) in [4.78, 5) is 12.7. The Morgan fingerprint density at radius 1 is 2.00 bits per heavy atom. The van der Waals surface area contributed by atoms with E-state index >= 15 is 0 Å². The molecule has 0 radical (unpaired) electrons. The zero-order valence-electron chi connectivity index (χ0n) is 4.42. The molecule has 0 heterocycles. The maximum Gasteiger partial charge on any atom is 0.410 e. The second-order valence-electron chi connectivity index (χ2n) is 1.17. The van der Waals surface area contributed by atoms with Crippen LogP contribution in [0.1, 0.15) is 6.92 Å². The summed E-state index contributed by atoms with van der Waals surface area (Å²) in [6.07, 6.45) is -1.67. The Labute approximate surface area is 47.1 Å². The van der Waals surface area contributed by atoms with Gasteiger partial charge < -0.3 is 10.5 Å². The molecule has 0 fully saturated rings. The van der Waals surface area contributed by atoms with Crippen LogP contribution in [0.2, 0.25) is 0 Å². The molecule has 0 aromatic rings. The molecule has 4 heteroatoms. The van der Waals surface area contributed by atoms with E-state index < -0.39 is 12.3 Å². The second-order valence-corrected chi connectivity index (χ2v) is 1.17. The Bertz CT molecular complexity index is 126. The Morgan fingerprint density at radius 2 is 2.50 bits per heavy atom. The first kappa shape index (κ1) is 6.76. The van der Waals surface area contributed by atoms with Gasteiger partial charge in [0.15, 0.2) is 0 Å². The van der Waals surface area contributed by atoms with Gasteiger partial charge in [-0.2, -0.15) is 0 Å². The first-order valence-electron chi connectivity index (χ1n) is 1.99. The normalized spacial score (nSPS) is 11.5. The molecular weight excluding hydrogens is 108 g/mol.